The molecule has 0 aliphatic rings. The third-order valence-electron chi connectivity index (χ3n) is 1.61. The molecule has 2 heterocycles. The first-order valence-corrected chi connectivity index (χ1v) is 6.21. The maximum atomic E-state index is 7.09. The third kappa shape index (κ3) is 2.58. The number of hydrogen-bond acceptors (Lipinski definition) is 5. The Morgan fingerprint density at radius 3 is 3.20 bits per heavy atom. The van der Waals surface area contributed by atoms with Crippen LogP contribution in [-0.2, 0) is 5.75 Å². The Kier molecular flexibility index (Phi) is 3.08. The SMILES string of the molecule is N=C(N)SCc1nc2cc(Cl)cnc2s1. The van der Waals surface area contributed by atoms with Crippen molar-refractivity contribution < 1.29 is 0 Å². The van der Waals surface area contributed by atoms with Crippen molar-refractivity contribution in [2.75, 3.05) is 0 Å². The van der Waals surface area contributed by atoms with Gasteiger partial charge in [0.25, 0.3) is 0 Å². The van der Waals surface area contributed by atoms with Crippen molar-refractivity contribution in [2.45, 2.75) is 5.75 Å². The Balaban J connectivity index is 2.27. The fourth-order valence-electron chi connectivity index (χ4n) is 1.04. The monoisotopic (exact) mass is 258 g/mol. The van der Waals surface area contributed by atoms with Crippen molar-refractivity contribution in [3.63, 3.8) is 0 Å². The smallest absolute Gasteiger partial charge is 0.151 e. The standard InChI is InChI=1S/C8H7ClN4S2/c9-4-1-5-7(12-2-4)15-6(13-5)3-14-8(10)11/h1-2H,3H2,(H3,10,11). The van der Waals surface area contributed by atoms with E-state index in [1.807, 2.05) is 0 Å². The average molecular weight is 259 g/mol. The Labute approximate surface area is 99.4 Å². The van der Waals surface area contributed by atoms with Gasteiger partial charge in [-0.15, -0.1) is 0 Å². The molecule has 0 aliphatic carbocycles. The van der Waals surface area contributed by atoms with Gasteiger partial charge in [0.15, 0.2) is 5.17 Å². The van der Waals surface area contributed by atoms with Crippen molar-refractivity contribution in [1.29, 1.82) is 5.41 Å². The van der Waals surface area contributed by atoms with E-state index in [0.29, 0.717) is 10.8 Å². The van der Waals surface area contributed by atoms with Crippen molar-refractivity contribution >= 4 is 50.2 Å². The maximum absolute atomic E-state index is 7.09. The van der Waals surface area contributed by atoms with Gasteiger partial charge in [-0.25, -0.2) is 9.97 Å². The highest BCUT2D eigenvalue weighted by Gasteiger charge is 2.06. The molecule has 0 amide bonds. The zero-order valence-electron chi connectivity index (χ0n) is 7.53. The van der Waals surface area contributed by atoms with Crippen molar-refractivity contribution in [3.05, 3.63) is 22.3 Å². The predicted octanol–water partition coefficient (Wildman–Crippen LogP) is 2.47. The molecule has 0 unspecified atom stereocenters. The largest absolute Gasteiger partial charge is 0.379 e. The van der Waals surface area contributed by atoms with E-state index < -0.39 is 0 Å². The first-order chi connectivity index (χ1) is 7.15. The third-order valence-corrected chi connectivity index (χ3v) is 3.71. The molecule has 7 heteroatoms. The predicted molar refractivity (Wildman–Crippen MR) is 65.6 cm³/mol. The quantitative estimate of drug-likeness (QED) is 0.641. The van der Waals surface area contributed by atoms with Gasteiger partial charge in [0, 0.05) is 6.20 Å². The molecule has 0 aromatic carbocycles. The zero-order valence-corrected chi connectivity index (χ0v) is 9.92. The second-order valence-electron chi connectivity index (χ2n) is 2.74. The minimum absolute atomic E-state index is 0.0975. The number of pyridine rings is 1. The highest BCUT2D eigenvalue weighted by molar-refractivity contribution is 8.13. The van der Waals surface area contributed by atoms with Gasteiger partial charge in [-0.3, -0.25) is 5.41 Å². The first-order valence-electron chi connectivity index (χ1n) is 4.03. The minimum atomic E-state index is 0.0975. The Morgan fingerprint density at radius 2 is 2.47 bits per heavy atom. The Bertz CT molecular complexity index is 510. The molecule has 2 aromatic heterocycles. The van der Waals surface area contributed by atoms with E-state index in [4.69, 9.17) is 22.7 Å². The molecule has 0 aliphatic heterocycles. The highest BCUT2D eigenvalue weighted by atomic mass is 35.5. The molecule has 78 valence electrons. The summed E-state index contributed by atoms with van der Waals surface area (Å²) in [6, 6.07) is 1.78. The summed E-state index contributed by atoms with van der Waals surface area (Å²) in [6.07, 6.45) is 1.60. The second kappa shape index (κ2) is 4.34. The van der Waals surface area contributed by atoms with Gasteiger partial charge < -0.3 is 5.73 Å². The molecule has 0 bridgehead atoms. The van der Waals surface area contributed by atoms with Crippen molar-refractivity contribution in [1.82, 2.24) is 9.97 Å². The van der Waals surface area contributed by atoms with Crippen LogP contribution in [0.3, 0.4) is 0 Å². The number of nitrogens with zero attached hydrogens (tertiary/aromatic N) is 2. The number of fused-ring (bicyclic) bond motifs is 1. The van der Waals surface area contributed by atoms with E-state index in [2.05, 4.69) is 9.97 Å². The van der Waals surface area contributed by atoms with Gasteiger partial charge in [-0.05, 0) is 6.07 Å². The van der Waals surface area contributed by atoms with E-state index in [-0.39, 0.29) is 5.17 Å². The van der Waals surface area contributed by atoms with E-state index in [0.717, 1.165) is 15.4 Å². The summed E-state index contributed by atoms with van der Waals surface area (Å²) in [5, 5.41) is 8.68. The fourth-order valence-corrected chi connectivity index (χ4v) is 2.63. The van der Waals surface area contributed by atoms with Crippen LogP contribution < -0.4 is 5.73 Å². The number of rotatable bonds is 2. The zero-order chi connectivity index (χ0) is 10.8. The minimum Gasteiger partial charge on any atom is -0.379 e. The molecule has 0 spiro atoms. The maximum Gasteiger partial charge on any atom is 0.151 e. The molecular formula is C8H7ClN4S2. The van der Waals surface area contributed by atoms with Crippen LogP contribution in [0, 0.1) is 5.41 Å². The lowest BCUT2D eigenvalue weighted by Crippen LogP contribution is -2.03. The van der Waals surface area contributed by atoms with Crippen LogP contribution in [-0.4, -0.2) is 15.1 Å². The van der Waals surface area contributed by atoms with Crippen LogP contribution in [0.25, 0.3) is 10.3 Å². The average Bonchev–Trinajstić information content (AvgIpc) is 2.56. The van der Waals surface area contributed by atoms with Crippen molar-refractivity contribution in [3.8, 4) is 0 Å². The van der Waals surface area contributed by atoms with Crippen LogP contribution in [0.15, 0.2) is 12.3 Å². The summed E-state index contributed by atoms with van der Waals surface area (Å²) >= 11 is 8.54. The number of aromatic nitrogens is 2. The van der Waals surface area contributed by atoms with Crippen molar-refractivity contribution in [2.24, 2.45) is 5.73 Å². The molecule has 2 aromatic rings. The summed E-state index contributed by atoms with van der Waals surface area (Å²) in [7, 11) is 0. The van der Waals surface area contributed by atoms with E-state index in [9.17, 15) is 0 Å². The van der Waals surface area contributed by atoms with E-state index in [1.54, 1.807) is 12.3 Å². The number of thiazole rings is 1. The summed E-state index contributed by atoms with van der Waals surface area (Å²) < 4.78 is 0. The highest BCUT2D eigenvalue weighted by Crippen LogP contribution is 2.24. The summed E-state index contributed by atoms with van der Waals surface area (Å²) in [6.45, 7) is 0. The summed E-state index contributed by atoms with van der Waals surface area (Å²) in [4.78, 5) is 9.36. The van der Waals surface area contributed by atoms with Gasteiger partial charge in [0.05, 0.1) is 10.8 Å². The van der Waals surface area contributed by atoms with Crippen LogP contribution in [0.5, 0.6) is 0 Å². The molecule has 2 rings (SSSR count). The van der Waals surface area contributed by atoms with Gasteiger partial charge in [-0.2, -0.15) is 0 Å². The topological polar surface area (TPSA) is 75.7 Å². The molecule has 0 saturated carbocycles. The summed E-state index contributed by atoms with van der Waals surface area (Å²) in [5.74, 6) is 0.605. The number of halogens is 1. The van der Waals surface area contributed by atoms with Gasteiger partial charge >= 0.3 is 0 Å². The molecule has 0 radical (unpaired) electrons. The second-order valence-corrected chi connectivity index (χ2v) is 5.25. The van der Waals surface area contributed by atoms with Gasteiger partial charge in [0.2, 0.25) is 0 Å². The summed E-state index contributed by atoms with van der Waals surface area (Å²) in [5.41, 5.74) is 6.04. The number of nitrogens with one attached hydrogen (secondary N) is 1. The molecule has 0 saturated heterocycles. The van der Waals surface area contributed by atoms with E-state index in [1.165, 1.54) is 23.1 Å². The van der Waals surface area contributed by atoms with Crippen LogP contribution in [0.1, 0.15) is 5.01 Å². The number of thioether (sulfide) groups is 1. The van der Waals surface area contributed by atoms with E-state index >= 15 is 0 Å². The lowest BCUT2D eigenvalue weighted by Gasteiger charge is -1.92. The van der Waals surface area contributed by atoms with Crippen LogP contribution in [0.2, 0.25) is 5.02 Å². The molecular weight excluding hydrogens is 252 g/mol. The number of amidine groups is 1. The number of hydrogen-bond donors (Lipinski definition) is 2. The molecule has 0 atom stereocenters. The lowest BCUT2D eigenvalue weighted by molar-refractivity contribution is 1.30. The molecule has 15 heavy (non-hydrogen) atoms. The lowest BCUT2D eigenvalue weighted by atomic mass is 10.4. The fraction of sp³-hybridized carbons (Fsp3) is 0.125. The number of nitrogens with two attached hydrogens (primary N) is 1. The molecule has 3 N–H and O–H groups in total. The first kappa shape index (κ1) is 10.7. The van der Waals surface area contributed by atoms with Crippen LogP contribution in [0.4, 0.5) is 0 Å². The van der Waals surface area contributed by atoms with Crippen LogP contribution >= 0.6 is 34.7 Å². The Morgan fingerprint density at radius 1 is 1.67 bits per heavy atom. The Hall–Kier alpha value is -0.850. The molecule has 4 nitrogen and oxygen atoms in total. The van der Waals surface area contributed by atoms with Gasteiger partial charge in [0.1, 0.15) is 15.4 Å². The normalized spacial score (nSPS) is 10.7. The van der Waals surface area contributed by atoms with Gasteiger partial charge in [-0.1, -0.05) is 34.7 Å². The molecule has 0 fully saturated rings.